The fourth-order valence-electron chi connectivity index (χ4n) is 2.11. The van der Waals surface area contributed by atoms with Gasteiger partial charge in [-0.15, -0.1) is 0 Å². The van der Waals surface area contributed by atoms with Crippen LogP contribution < -0.4 is 5.32 Å². The van der Waals surface area contributed by atoms with Crippen molar-refractivity contribution in [2.45, 2.75) is 39.4 Å². The average molecular weight is 260 g/mol. The van der Waals surface area contributed by atoms with Crippen LogP contribution in [0.4, 0.5) is 0 Å². The first-order valence-electron chi connectivity index (χ1n) is 6.76. The molecule has 0 bridgehead atoms. The second-order valence-electron chi connectivity index (χ2n) is 6.34. The van der Waals surface area contributed by atoms with Crippen molar-refractivity contribution >= 4 is 11.0 Å². The molecule has 0 amide bonds. The Bertz CT molecular complexity index is 549. The van der Waals surface area contributed by atoms with Crippen LogP contribution in [0.15, 0.2) is 28.7 Å². The first-order chi connectivity index (χ1) is 8.87. The first kappa shape index (κ1) is 14.1. The third kappa shape index (κ3) is 3.58. The standard InChI is InChI=1S/C16H24N2O/c1-16(2,3)17-10-13-12-8-6-7-9-14(12)19-15(13)11-18(4)5/h6-9,17H,10-11H2,1-5H3. The quantitative estimate of drug-likeness (QED) is 0.913. The van der Waals surface area contributed by atoms with E-state index in [-0.39, 0.29) is 5.54 Å². The average Bonchev–Trinajstić information content (AvgIpc) is 2.61. The monoisotopic (exact) mass is 260 g/mol. The zero-order valence-corrected chi connectivity index (χ0v) is 12.6. The number of hydrogen-bond acceptors (Lipinski definition) is 3. The maximum atomic E-state index is 5.99. The predicted octanol–water partition coefficient (Wildman–Crippen LogP) is 3.38. The lowest BCUT2D eigenvalue weighted by molar-refractivity contribution is 0.351. The Morgan fingerprint density at radius 1 is 1.16 bits per heavy atom. The van der Waals surface area contributed by atoms with Crippen LogP contribution in [-0.4, -0.2) is 24.5 Å². The first-order valence-corrected chi connectivity index (χ1v) is 6.76. The number of rotatable bonds is 4. The van der Waals surface area contributed by atoms with Crippen molar-refractivity contribution in [2.24, 2.45) is 0 Å². The van der Waals surface area contributed by atoms with Crippen LogP contribution in [0.25, 0.3) is 11.0 Å². The van der Waals surface area contributed by atoms with Crippen molar-refractivity contribution in [3.8, 4) is 0 Å². The Morgan fingerprint density at radius 2 is 1.84 bits per heavy atom. The van der Waals surface area contributed by atoms with E-state index in [1.165, 1.54) is 10.9 Å². The molecule has 0 spiro atoms. The molecule has 0 fully saturated rings. The number of fused-ring (bicyclic) bond motifs is 1. The zero-order chi connectivity index (χ0) is 14.0. The molecule has 19 heavy (non-hydrogen) atoms. The summed E-state index contributed by atoms with van der Waals surface area (Å²) in [6, 6.07) is 8.26. The molecule has 0 aliphatic heterocycles. The van der Waals surface area contributed by atoms with Crippen LogP contribution in [0.1, 0.15) is 32.1 Å². The van der Waals surface area contributed by atoms with E-state index in [1.54, 1.807) is 0 Å². The van der Waals surface area contributed by atoms with Gasteiger partial charge < -0.3 is 14.6 Å². The minimum absolute atomic E-state index is 0.105. The Kier molecular flexibility index (Phi) is 3.97. The molecule has 0 saturated carbocycles. The Labute approximate surface area is 115 Å². The lowest BCUT2D eigenvalue weighted by Crippen LogP contribution is -2.35. The summed E-state index contributed by atoms with van der Waals surface area (Å²) in [5.74, 6) is 1.06. The minimum Gasteiger partial charge on any atom is -0.459 e. The highest BCUT2D eigenvalue weighted by Gasteiger charge is 2.17. The van der Waals surface area contributed by atoms with Gasteiger partial charge in [0.15, 0.2) is 0 Å². The highest BCUT2D eigenvalue weighted by Crippen LogP contribution is 2.27. The molecule has 1 aromatic heterocycles. The van der Waals surface area contributed by atoms with Gasteiger partial charge in [0.1, 0.15) is 11.3 Å². The summed E-state index contributed by atoms with van der Waals surface area (Å²) in [7, 11) is 4.13. The normalized spacial score (nSPS) is 12.5. The van der Waals surface area contributed by atoms with Crippen LogP contribution in [-0.2, 0) is 13.1 Å². The molecule has 0 radical (unpaired) electrons. The molecule has 1 heterocycles. The molecule has 0 unspecified atom stereocenters. The van der Waals surface area contributed by atoms with Crippen LogP contribution in [0, 0.1) is 0 Å². The van der Waals surface area contributed by atoms with Crippen LogP contribution in [0.2, 0.25) is 0 Å². The van der Waals surface area contributed by atoms with Gasteiger partial charge in [0.05, 0.1) is 6.54 Å². The number of furan rings is 1. The fourth-order valence-corrected chi connectivity index (χ4v) is 2.11. The number of para-hydroxylation sites is 1. The number of hydrogen-bond donors (Lipinski definition) is 1. The van der Waals surface area contributed by atoms with E-state index >= 15 is 0 Å². The Morgan fingerprint density at radius 3 is 2.47 bits per heavy atom. The topological polar surface area (TPSA) is 28.4 Å². The minimum atomic E-state index is 0.105. The van der Waals surface area contributed by atoms with Gasteiger partial charge in [0.2, 0.25) is 0 Å². The van der Waals surface area contributed by atoms with E-state index in [0.29, 0.717) is 0 Å². The van der Waals surface area contributed by atoms with Crippen LogP contribution in [0.3, 0.4) is 0 Å². The molecule has 104 valence electrons. The SMILES string of the molecule is CN(C)Cc1oc2ccccc2c1CNC(C)(C)C. The Balaban J connectivity index is 2.36. The Hall–Kier alpha value is -1.32. The van der Waals surface area contributed by atoms with E-state index in [4.69, 9.17) is 4.42 Å². The summed E-state index contributed by atoms with van der Waals surface area (Å²) in [5.41, 5.74) is 2.36. The van der Waals surface area contributed by atoms with Crippen molar-refractivity contribution in [2.75, 3.05) is 14.1 Å². The number of nitrogens with one attached hydrogen (secondary N) is 1. The molecule has 1 N–H and O–H groups in total. The maximum absolute atomic E-state index is 5.99. The van der Waals surface area contributed by atoms with Crippen molar-refractivity contribution in [3.63, 3.8) is 0 Å². The molecule has 0 aliphatic rings. The smallest absolute Gasteiger partial charge is 0.134 e. The van der Waals surface area contributed by atoms with Crippen molar-refractivity contribution in [1.29, 1.82) is 0 Å². The molecule has 0 saturated heterocycles. The largest absolute Gasteiger partial charge is 0.459 e. The molecular formula is C16H24N2O. The van der Waals surface area contributed by atoms with E-state index in [2.05, 4.69) is 57.2 Å². The second-order valence-corrected chi connectivity index (χ2v) is 6.34. The second kappa shape index (κ2) is 5.35. The highest BCUT2D eigenvalue weighted by molar-refractivity contribution is 5.82. The van der Waals surface area contributed by atoms with Gasteiger partial charge in [-0.3, -0.25) is 0 Å². The summed E-state index contributed by atoms with van der Waals surface area (Å²) in [4.78, 5) is 2.14. The van der Waals surface area contributed by atoms with Crippen molar-refractivity contribution in [3.05, 3.63) is 35.6 Å². The summed E-state index contributed by atoms with van der Waals surface area (Å²) in [5, 5.41) is 4.77. The zero-order valence-electron chi connectivity index (χ0n) is 12.6. The van der Waals surface area contributed by atoms with Gasteiger partial charge in [-0.25, -0.2) is 0 Å². The van der Waals surface area contributed by atoms with E-state index in [1.807, 2.05) is 12.1 Å². The molecular weight excluding hydrogens is 236 g/mol. The maximum Gasteiger partial charge on any atom is 0.134 e. The molecule has 2 aromatic rings. The molecule has 0 aliphatic carbocycles. The summed E-state index contributed by atoms with van der Waals surface area (Å²) in [6.45, 7) is 8.21. The van der Waals surface area contributed by atoms with Gasteiger partial charge >= 0.3 is 0 Å². The highest BCUT2D eigenvalue weighted by atomic mass is 16.3. The van der Waals surface area contributed by atoms with E-state index in [0.717, 1.165) is 24.4 Å². The van der Waals surface area contributed by atoms with Gasteiger partial charge in [-0.1, -0.05) is 18.2 Å². The fraction of sp³-hybridized carbons (Fsp3) is 0.500. The molecule has 0 atom stereocenters. The molecule has 3 heteroatoms. The lowest BCUT2D eigenvalue weighted by Gasteiger charge is -2.21. The number of benzene rings is 1. The van der Waals surface area contributed by atoms with Crippen molar-refractivity contribution in [1.82, 2.24) is 10.2 Å². The van der Waals surface area contributed by atoms with Gasteiger partial charge in [0, 0.05) is 23.0 Å². The summed E-state index contributed by atoms with van der Waals surface area (Å²) >= 11 is 0. The van der Waals surface area contributed by atoms with Crippen LogP contribution >= 0.6 is 0 Å². The van der Waals surface area contributed by atoms with E-state index in [9.17, 15) is 0 Å². The number of nitrogens with zero attached hydrogens (tertiary/aromatic N) is 1. The molecule has 3 nitrogen and oxygen atoms in total. The third-order valence-corrected chi connectivity index (χ3v) is 3.04. The predicted molar refractivity (Wildman–Crippen MR) is 80.2 cm³/mol. The molecule has 2 rings (SSSR count). The summed E-state index contributed by atoms with van der Waals surface area (Å²) in [6.07, 6.45) is 0. The summed E-state index contributed by atoms with van der Waals surface area (Å²) < 4.78 is 5.99. The lowest BCUT2D eigenvalue weighted by atomic mass is 10.1. The van der Waals surface area contributed by atoms with Gasteiger partial charge in [-0.2, -0.15) is 0 Å². The van der Waals surface area contributed by atoms with Crippen molar-refractivity contribution < 1.29 is 4.42 Å². The van der Waals surface area contributed by atoms with Gasteiger partial charge in [0.25, 0.3) is 0 Å². The van der Waals surface area contributed by atoms with Gasteiger partial charge in [-0.05, 0) is 40.9 Å². The van der Waals surface area contributed by atoms with E-state index < -0.39 is 0 Å². The third-order valence-electron chi connectivity index (χ3n) is 3.04. The molecule has 1 aromatic carbocycles. The van der Waals surface area contributed by atoms with Crippen LogP contribution in [0.5, 0.6) is 0 Å².